The third-order valence-electron chi connectivity index (χ3n) is 3.17. The third-order valence-corrected chi connectivity index (χ3v) is 3.17. The van der Waals surface area contributed by atoms with Gasteiger partial charge in [-0.3, -0.25) is 4.79 Å². The van der Waals surface area contributed by atoms with Crippen molar-refractivity contribution in [2.45, 2.75) is 57.7 Å². The summed E-state index contributed by atoms with van der Waals surface area (Å²) in [6, 6.07) is 0.413. The molecule has 0 aromatic carbocycles. The molecular weight excluding hydrogens is 204 g/mol. The highest BCUT2D eigenvalue weighted by Gasteiger charge is 2.25. The minimum Gasteiger partial charge on any atom is -0.377 e. The maximum atomic E-state index is 11.9. The van der Waals surface area contributed by atoms with Gasteiger partial charge in [0.05, 0.1) is 11.6 Å². The van der Waals surface area contributed by atoms with Crippen molar-refractivity contribution in [1.82, 2.24) is 10.6 Å². The van der Waals surface area contributed by atoms with Gasteiger partial charge in [-0.2, -0.15) is 0 Å². The summed E-state index contributed by atoms with van der Waals surface area (Å²) in [4.78, 5) is 11.9. The van der Waals surface area contributed by atoms with Crippen LogP contribution in [-0.2, 0) is 9.53 Å². The van der Waals surface area contributed by atoms with Crippen molar-refractivity contribution in [3.8, 4) is 0 Å². The second-order valence-electron chi connectivity index (χ2n) is 5.23. The van der Waals surface area contributed by atoms with Crippen molar-refractivity contribution in [2.75, 3.05) is 13.7 Å². The number of rotatable bonds is 4. The van der Waals surface area contributed by atoms with Crippen LogP contribution in [0, 0.1) is 0 Å². The number of ether oxygens (including phenoxy) is 1. The van der Waals surface area contributed by atoms with Gasteiger partial charge in [0, 0.05) is 19.7 Å². The largest absolute Gasteiger partial charge is 0.377 e. The summed E-state index contributed by atoms with van der Waals surface area (Å²) in [7, 11) is 1.66. The summed E-state index contributed by atoms with van der Waals surface area (Å²) in [5, 5.41) is 6.26. The van der Waals surface area contributed by atoms with Gasteiger partial charge in [0.25, 0.3) is 0 Å². The van der Waals surface area contributed by atoms with Crippen molar-refractivity contribution in [3.05, 3.63) is 0 Å². The fourth-order valence-corrected chi connectivity index (χ4v) is 1.84. The Morgan fingerprint density at radius 3 is 2.75 bits per heavy atom. The molecule has 1 amide bonds. The Labute approximate surface area is 98.1 Å². The summed E-state index contributed by atoms with van der Waals surface area (Å²) in [5.41, 5.74) is -0.296. The minimum absolute atomic E-state index is 0.0311. The first kappa shape index (κ1) is 13.5. The van der Waals surface area contributed by atoms with Gasteiger partial charge < -0.3 is 15.4 Å². The number of hydrogen-bond donors (Lipinski definition) is 2. The molecule has 0 spiro atoms. The fraction of sp³-hybridized carbons (Fsp3) is 0.917. The number of hydrogen-bond acceptors (Lipinski definition) is 3. The van der Waals surface area contributed by atoms with Crippen LogP contribution in [0.1, 0.15) is 40.0 Å². The SMILES string of the molecule is COC(C)(C)CNC(=O)C1CCCC(C)N1. The lowest BCUT2D eigenvalue weighted by molar-refractivity contribution is -0.125. The number of nitrogens with one attached hydrogen (secondary N) is 2. The van der Waals surface area contributed by atoms with Gasteiger partial charge in [-0.05, 0) is 40.0 Å². The number of piperidine rings is 1. The molecule has 4 heteroatoms. The van der Waals surface area contributed by atoms with Gasteiger partial charge in [0.1, 0.15) is 0 Å². The molecule has 2 unspecified atom stereocenters. The summed E-state index contributed by atoms with van der Waals surface area (Å²) < 4.78 is 5.26. The highest BCUT2D eigenvalue weighted by molar-refractivity contribution is 5.81. The summed E-state index contributed by atoms with van der Waals surface area (Å²) >= 11 is 0. The van der Waals surface area contributed by atoms with Gasteiger partial charge >= 0.3 is 0 Å². The molecule has 1 heterocycles. The first-order valence-corrected chi connectivity index (χ1v) is 6.03. The minimum atomic E-state index is -0.296. The van der Waals surface area contributed by atoms with E-state index in [1.54, 1.807) is 7.11 Å². The molecule has 16 heavy (non-hydrogen) atoms. The van der Waals surface area contributed by atoms with Crippen LogP contribution in [0.25, 0.3) is 0 Å². The Kier molecular flexibility index (Phi) is 4.74. The standard InChI is InChI=1S/C12H24N2O2/c1-9-6-5-7-10(14-9)11(15)13-8-12(2,3)16-4/h9-10,14H,5-8H2,1-4H3,(H,13,15). The van der Waals surface area contributed by atoms with E-state index < -0.39 is 0 Å². The molecular formula is C12H24N2O2. The van der Waals surface area contributed by atoms with E-state index >= 15 is 0 Å². The normalized spacial score (nSPS) is 26.5. The van der Waals surface area contributed by atoms with Crippen LogP contribution in [-0.4, -0.2) is 37.2 Å². The molecule has 0 aromatic heterocycles. The number of amides is 1. The molecule has 2 atom stereocenters. The second-order valence-corrected chi connectivity index (χ2v) is 5.23. The van der Waals surface area contributed by atoms with Crippen LogP contribution < -0.4 is 10.6 Å². The molecule has 1 aliphatic rings. The molecule has 0 radical (unpaired) electrons. The molecule has 0 bridgehead atoms. The van der Waals surface area contributed by atoms with Crippen LogP contribution in [0.15, 0.2) is 0 Å². The first-order valence-electron chi connectivity index (χ1n) is 6.03. The van der Waals surface area contributed by atoms with E-state index in [0.717, 1.165) is 19.3 Å². The Bertz CT molecular complexity index is 241. The van der Waals surface area contributed by atoms with E-state index in [-0.39, 0.29) is 17.6 Å². The van der Waals surface area contributed by atoms with Crippen LogP contribution in [0.2, 0.25) is 0 Å². The average molecular weight is 228 g/mol. The number of carbonyl (C=O) groups excluding carboxylic acids is 1. The molecule has 0 saturated carbocycles. The monoisotopic (exact) mass is 228 g/mol. The van der Waals surface area contributed by atoms with Crippen molar-refractivity contribution in [1.29, 1.82) is 0 Å². The van der Waals surface area contributed by atoms with E-state index in [9.17, 15) is 4.79 Å². The smallest absolute Gasteiger partial charge is 0.237 e. The molecule has 1 saturated heterocycles. The zero-order valence-corrected chi connectivity index (χ0v) is 10.8. The lowest BCUT2D eigenvalue weighted by atomic mass is 9.99. The van der Waals surface area contributed by atoms with Crippen molar-refractivity contribution < 1.29 is 9.53 Å². The number of carbonyl (C=O) groups is 1. The van der Waals surface area contributed by atoms with E-state index in [4.69, 9.17) is 4.74 Å². The summed E-state index contributed by atoms with van der Waals surface area (Å²) in [6.45, 7) is 6.60. The molecule has 4 nitrogen and oxygen atoms in total. The van der Waals surface area contributed by atoms with Crippen LogP contribution in [0.3, 0.4) is 0 Å². The molecule has 1 fully saturated rings. The van der Waals surface area contributed by atoms with Crippen molar-refractivity contribution in [3.63, 3.8) is 0 Å². The fourth-order valence-electron chi connectivity index (χ4n) is 1.84. The molecule has 0 aliphatic carbocycles. The summed E-state index contributed by atoms with van der Waals surface area (Å²) in [5.74, 6) is 0.0941. The molecule has 1 aliphatic heterocycles. The first-order chi connectivity index (χ1) is 7.44. The molecule has 1 rings (SSSR count). The van der Waals surface area contributed by atoms with Crippen LogP contribution in [0.4, 0.5) is 0 Å². The topological polar surface area (TPSA) is 50.4 Å². The highest BCUT2D eigenvalue weighted by atomic mass is 16.5. The van der Waals surface area contributed by atoms with Gasteiger partial charge in [0.15, 0.2) is 0 Å². The van der Waals surface area contributed by atoms with E-state index in [1.807, 2.05) is 13.8 Å². The maximum absolute atomic E-state index is 11.9. The lowest BCUT2D eigenvalue weighted by Crippen LogP contribution is -2.52. The lowest BCUT2D eigenvalue weighted by Gasteiger charge is -2.29. The van der Waals surface area contributed by atoms with Crippen molar-refractivity contribution >= 4 is 5.91 Å². The molecule has 2 N–H and O–H groups in total. The van der Waals surface area contributed by atoms with Gasteiger partial charge in [-0.15, -0.1) is 0 Å². The third kappa shape index (κ3) is 4.10. The Morgan fingerprint density at radius 2 is 2.19 bits per heavy atom. The zero-order valence-electron chi connectivity index (χ0n) is 10.8. The van der Waals surface area contributed by atoms with E-state index in [0.29, 0.717) is 12.6 Å². The van der Waals surface area contributed by atoms with E-state index in [1.165, 1.54) is 0 Å². The maximum Gasteiger partial charge on any atom is 0.237 e. The quantitative estimate of drug-likeness (QED) is 0.756. The average Bonchev–Trinajstić information content (AvgIpc) is 2.26. The van der Waals surface area contributed by atoms with Crippen molar-refractivity contribution in [2.24, 2.45) is 0 Å². The molecule has 0 aromatic rings. The van der Waals surface area contributed by atoms with Crippen LogP contribution in [0.5, 0.6) is 0 Å². The Balaban J connectivity index is 2.34. The predicted octanol–water partition coefficient (Wildman–Crippen LogP) is 1.06. The Morgan fingerprint density at radius 1 is 1.50 bits per heavy atom. The molecule has 94 valence electrons. The van der Waals surface area contributed by atoms with Gasteiger partial charge in [-0.25, -0.2) is 0 Å². The zero-order chi connectivity index (χ0) is 12.2. The predicted molar refractivity (Wildman–Crippen MR) is 64.3 cm³/mol. The highest BCUT2D eigenvalue weighted by Crippen LogP contribution is 2.12. The summed E-state index contributed by atoms with van der Waals surface area (Å²) in [6.07, 6.45) is 3.22. The van der Waals surface area contributed by atoms with Crippen LogP contribution >= 0.6 is 0 Å². The number of methoxy groups -OCH3 is 1. The second kappa shape index (κ2) is 5.64. The van der Waals surface area contributed by atoms with Gasteiger partial charge in [-0.1, -0.05) is 0 Å². The Hall–Kier alpha value is -0.610. The van der Waals surface area contributed by atoms with Gasteiger partial charge in [0.2, 0.25) is 5.91 Å². The van der Waals surface area contributed by atoms with E-state index in [2.05, 4.69) is 17.6 Å².